The van der Waals surface area contributed by atoms with Crippen LogP contribution in [0.2, 0.25) is 0 Å². The fraction of sp³-hybridized carbons (Fsp3) is 0.963. The monoisotopic (exact) mass is 908 g/mol. The molecule has 11 nitrogen and oxygen atoms in total. The van der Waals surface area contributed by atoms with E-state index in [1.165, 1.54) is 118 Å². The molecule has 308 valence electrons. The van der Waals surface area contributed by atoms with Crippen molar-refractivity contribution in [1.82, 2.24) is 19.6 Å². The zero-order valence-corrected chi connectivity index (χ0v) is 40.6. The number of rotatable bonds is 14. The molecule has 0 radical (unpaired) electrons. The van der Waals surface area contributed by atoms with Crippen LogP contribution in [0, 0.1) is 0 Å². The van der Waals surface area contributed by atoms with Gasteiger partial charge in [0.2, 0.25) is 0 Å². The van der Waals surface area contributed by atoms with Crippen molar-refractivity contribution in [3.05, 3.63) is 0 Å². The molecule has 25 heteroatoms. The molecule has 2 fully saturated rings. The first-order chi connectivity index (χ1) is 21.8. The van der Waals surface area contributed by atoms with Crippen LogP contribution in [0.5, 0.6) is 0 Å². The first kappa shape index (κ1) is 69.3. The molecule has 0 aromatic carbocycles. The van der Waals surface area contributed by atoms with Gasteiger partial charge in [-0.25, -0.2) is 34.4 Å². The first-order valence-corrected chi connectivity index (χ1v) is 18.1. The van der Waals surface area contributed by atoms with Crippen LogP contribution in [0.1, 0.15) is 79.1 Å². The number of likely N-dealkylation sites (N-methyl/N-ethyl adjacent to an activating group) is 2. The number of ketones is 1. The Labute approximate surface area is 402 Å². The summed E-state index contributed by atoms with van der Waals surface area (Å²) in [5.74, 6) is 0.167. The number of carbonyl (C=O) groups excluding carboxylic acids is 1. The first-order valence-electron chi connectivity index (χ1n) is 15.3. The van der Waals surface area contributed by atoms with Crippen LogP contribution < -0.4 is 128 Å². The zero-order valence-electron chi connectivity index (χ0n) is 31.2. The largest absolute Gasteiger partial charge is 1.00 e. The SMILES string of the molecule is CC(C)=O.CCCCCCN1CCN(C)C1.CCCCCCN1CCN(C)C1.O=S(=O)([O-])C(F)(F)C(F)F.O=S(=O)([O-])C(F)(F)C(F)F.[Cl-].[Cl-].[K+].[K+]. The summed E-state index contributed by atoms with van der Waals surface area (Å²) in [6.07, 6.45) is 2.16. The van der Waals surface area contributed by atoms with E-state index in [9.17, 15) is 65.9 Å². The Morgan fingerprint density at radius 2 is 0.865 bits per heavy atom. The fourth-order valence-electron chi connectivity index (χ4n) is 3.70. The van der Waals surface area contributed by atoms with E-state index < -0.39 is 43.6 Å². The minimum Gasteiger partial charge on any atom is -1.00 e. The summed E-state index contributed by atoms with van der Waals surface area (Å²) in [5.41, 5.74) is 0. The topological polar surface area (TPSA) is 144 Å². The Morgan fingerprint density at radius 3 is 1.00 bits per heavy atom. The predicted molar refractivity (Wildman–Crippen MR) is 164 cm³/mol. The number of hydrogen-bond acceptors (Lipinski definition) is 11. The van der Waals surface area contributed by atoms with Gasteiger partial charge in [0.1, 0.15) is 5.78 Å². The number of alkyl halides is 8. The molecule has 52 heavy (non-hydrogen) atoms. The van der Waals surface area contributed by atoms with Gasteiger partial charge in [0.05, 0.1) is 13.3 Å². The minimum atomic E-state index is -6.23. The summed E-state index contributed by atoms with van der Waals surface area (Å²) in [6, 6.07) is 0. The molecule has 2 rings (SSSR count). The summed E-state index contributed by atoms with van der Waals surface area (Å²) < 4.78 is 145. The molecule has 0 unspecified atom stereocenters. The van der Waals surface area contributed by atoms with Crippen molar-refractivity contribution in [3.63, 3.8) is 0 Å². The number of halogens is 10. The van der Waals surface area contributed by atoms with Crippen LogP contribution in [0.4, 0.5) is 35.1 Å². The summed E-state index contributed by atoms with van der Waals surface area (Å²) >= 11 is 0. The van der Waals surface area contributed by atoms with E-state index in [2.05, 4.69) is 47.5 Å². The third-order valence-corrected chi connectivity index (χ3v) is 8.00. The molecule has 0 spiro atoms. The molecule has 0 aromatic rings. The van der Waals surface area contributed by atoms with Gasteiger partial charge in [-0.15, -0.1) is 0 Å². The number of carbonyl (C=O) groups is 1. The van der Waals surface area contributed by atoms with Crippen LogP contribution in [0.3, 0.4) is 0 Å². The molecule has 0 aromatic heterocycles. The van der Waals surface area contributed by atoms with Crippen LogP contribution >= 0.6 is 0 Å². The van der Waals surface area contributed by atoms with Crippen molar-refractivity contribution in [3.8, 4) is 0 Å². The molecule has 0 amide bonds. The fourth-order valence-corrected chi connectivity index (χ4v) is 4.13. The van der Waals surface area contributed by atoms with E-state index >= 15 is 0 Å². The minimum absolute atomic E-state index is 0. The number of unbranched alkanes of at least 4 members (excludes halogenated alkanes) is 6. The summed E-state index contributed by atoms with van der Waals surface area (Å²) in [7, 11) is -8.07. The van der Waals surface area contributed by atoms with E-state index in [0.29, 0.717) is 0 Å². The molecule has 0 aliphatic carbocycles. The predicted octanol–water partition coefficient (Wildman–Crippen LogP) is -7.07. The molecular formula is C27H52Cl2F8K2N4O7S2-2. The van der Waals surface area contributed by atoms with E-state index in [0.717, 1.165) is 0 Å². The van der Waals surface area contributed by atoms with E-state index in [-0.39, 0.29) is 133 Å². The van der Waals surface area contributed by atoms with Gasteiger partial charge in [-0.05, 0) is 53.9 Å². The van der Waals surface area contributed by atoms with E-state index in [1.54, 1.807) is 0 Å². The van der Waals surface area contributed by atoms with Crippen LogP contribution in [-0.4, -0.2) is 141 Å². The zero-order chi connectivity index (χ0) is 38.4. The summed E-state index contributed by atoms with van der Waals surface area (Å²) in [6.45, 7) is 17.7. The molecule has 2 aliphatic heterocycles. The molecule has 0 saturated carbocycles. The average Bonchev–Trinajstić information content (AvgIpc) is 3.55. The van der Waals surface area contributed by atoms with Crippen molar-refractivity contribution in [1.29, 1.82) is 0 Å². The third-order valence-electron chi connectivity index (χ3n) is 6.31. The van der Waals surface area contributed by atoms with Gasteiger partial charge in [-0.3, -0.25) is 19.6 Å². The van der Waals surface area contributed by atoms with Crippen LogP contribution in [0.25, 0.3) is 0 Å². The van der Waals surface area contributed by atoms with Crippen molar-refractivity contribution >= 4 is 26.0 Å². The van der Waals surface area contributed by atoms with E-state index in [4.69, 9.17) is 0 Å². The Morgan fingerprint density at radius 1 is 0.615 bits per heavy atom. The Kier molecular flexibility index (Phi) is 48.9. The molecule has 2 saturated heterocycles. The van der Waals surface area contributed by atoms with Gasteiger partial charge >= 0.3 is 126 Å². The van der Waals surface area contributed by atoms with Gasteiger partial charge in [0.25, 0.3) is 0 Å². The number of nitrogens with zero attached hydrogens (tertiary/aromatic N) is 4. The Balaban J connectivity index is -0.0000000982. The van der Waals surface area contributed by atoms with Gasteiger partial charge in [-0.2, -0.15) is 17.6 Å². The molecule has 0 bridgehead atoms. The molecule has 2 heterocycles. The normalized spacial score (nSPS) is 15.4. The molecule has 0 N–H and O–H groups in total. The standard InChI is InChI=1S/2C10H22N2.C3H6O.2C2H2F4O3S.2ClH.2K/c2*1-3-4-5-6-7-12-9-8-11(2)10-12;1-3(2)4;2*3-1(4)2(5,6)10(7,8)9;;;;/h2*3-10H2,1-2H3;1-2H3;2*1H,(H,7,8,9);2*1H;;/q;;;;;;;2*+1/p-4. The third kappa shape index (κ3) is 35.8. The second kappa shape index (κ2) is 36.7. The number of hydrogen-bond donors (Lipinski definition) is 0. The average molecular weight is 910 g/mol. The second-order valence-electron chi connectivity index (χ2n) is 11.3. The molecule has 2 aliphatic rings. The van der Waals surface area contributed by atoms with Gasteiger partial charge in [-0.1, -0.05) is 52.4 Å². The number of Topliss-reactive ketones (excluding diaryl/α,β-unsaturated/α-hetero) is 1. The van der Waals surface area contributed by atoms with Crippen LogP contribution in [0.15, 0.2) is 0 Å². The smallest absolute Gasteiger partial charge is 1.00 e. The van der Waals surface area contributed by atoms with Gasteiger partial charge in [0.15, 0.2) is 20.2 Å². The van der Waals surface area contributed by atoms with Crippen LogP contribution in [-0.2, 0) is 25.0 Å². The van der Waals surface area contributed by atoms with E-state index in [1.807, 2.05) is 0 Å². The molecular weight excluding hydrogens is 858 g/mol. The Hall–Kier alpha value is 2.62. The van der Waals surface area contributed by atoms with Gasteiger partial charge in [0, 0.05) is 26.2 Å². The second-order valence-corrected chi connectivity index (χ2v) is 14.2. The maximum absolute atomic E-state index is 11.4. The maximum Gasteiger partial charge on any atom is 1.00 e. The summed E-state index contributed by atoms with van der Waals surface area (Å²) in [5, 5.41) is -11.0. The van der Waals surface area contributed by atoms with Crippen molar-refractivity contribution in [2.45, 2.75) is 102 Å². The Bertz CT molecular complexity index is 1010. The van der Waals surface area contributed by atoms with Crippen molar-refractivity contribution < 1.29 is 193 Å². The van der Waals surface area contributed by atoms with Crippen molar-refractivity contribution in [2.24, 2.45) is 0 Å². The maximum atomic E-state index is 11.4. The molecule has 0 atom stereocenters. The quantitative estimate of drug-likeness (QED) is 0.0711. The summed E-state index contributed by atoms with van der Waals surface area (Å²) in [4.78, 5) is 19.3. The van der Waals surface area contributed by atoms with Crippen molar-refractivity contribution in [2.75, 3.05) is 66.7 Å². The van der Waals surface area contributed by atoms with Gasteiger partial charge < -0.3 is 38.7 Å².